The van der Waals surface area contributed by atoms with Gasteiger partial charge in [0.15, 0.2) is 0 Å². The minimum Gasteiger partial charge on any atom is -0.494 e. The van der Waals surface area contributed by atoms with E-state index in [1.807, 2.05) is 19.1 Å². The van der Waals surface area contributed by atoms with Crippen molar-refractivity contribution in [2.45, 2.75) is 6.92 Å². The Kier molecular flexibility index (Phi) is 3.42. The number of fused-ring (bicyclic) bond motifs is 1. The van der Waals surface area contributed by atoms with Gasteiger partial charge in [-0.1, -0.05) is 0 Å². The van der Waals surface area contributed by atoms with Crippen molar-refractivity contribution in [2.75, 3.05) is 37.7 Å². The summed E-state index contributed by atoms with van der Waals surface area (Å²) in [6.07, 6.45) is -0.785. The molecule has 1 aromatic carbocycles. The largest absolute Gasteiger partial charge is 0.494 e. The van der Waals surface area contributed by atoms with Gasteiger partial charge in [-0.15, -0.1) is 0 Å². The van der Waals surface area contributed by atoms with Crippen molar-refractivity contribution < 1.29 is 14.6 Å². The van der Waals surface area contributed by atoms with Crippen LogP contribution >= 0.6 is 0 Å². The Morgan fingerprint density at radius 1 is 1.20 bits per heavy atom. The Morgan fingerprint density at radius 3 is 2.30 bits per heavy atom. The van der Waals surface area contributed by atoms with Crippen LogP contribution in [-0.2, 0) is 0 Å². The summed E-state index contributed by atoms with van der Waals surface area (Å²) in [6, 6.07) is 8.16. The highest BCUT2D eigenvalue weighted by Crippen LogP contribution is 2.34. The van der Waals surface area contributed by atoms with Gasteiger partial charge in [-0.05, 0) is 31.2 Å². The normalized spacial score (nSPS) is 24.9. The molecule has 5 nitrogen and oxygen atoms in total. The molecule has 20 heavy (non-hydrogen) atoms. The molecule has 2 fully saturated rings. The van der Waals surface area contributed by atoms with E-state index in [1.165, 1.54) is 5.69 Å². The van der Waals surface area contributed by atoms with Crippen LogP contribution in [-0.4, -0.2) is 48.9 Å². The van der Waals surface area contributed by atoms with E-state index in [0.717, 1.165) is 18.8 Å². The summed E-state index contributed by atoms with van der Waals surface area (Å²) in [6.45, 7) is 5.90. The van der Waals surface area contributed by atoms with E-state index in [4.69, 9.17) is 9.84 Å². The number of carboxylic acid groups (broad SMARTS) is 1. The lowest BCUT2D eigenvalue weighted by molar-refractivity contribution is 0.153. The van der Waals surface area contributed by atoms with Crippen LogP contribution in [0.25, 0.3) is 0 Å². The fourth-order valence-corrected chi connectivity index (χ4v) is 3.28. The first kappa shape index (κ1) is 13.1. The van der Waals surface area contributed by atoms with E-state index in [9.17, 15) is 4.79 Å². The zero-order valence-corrected chi connectivity index (χ0v) is 11.7. The molecule has 1 N–H and O–H groups in total. The van der Waals surface area contributed by atoms with E-state index < -0.39 is 6.09 Å². The zero-order valence-electron chi connectivity index (χ0n) is 11.7. The third-order valence-electron chi connectivity index (χ3n) is 4.27. The smallest absolute Gasteiger partial charge is 0.407 e. The highest BCUT2D eigenvalue weighted by atomic mass is 16.5. The van der Waals surface area contributed by atoms with E-state index in [2.05, 4.69) is 17.0 Å². The second-order valence-electron chi connectivity index (χ2n) is 5.54. The second kappa shape index (κ2) is 5.23. The van der Waals surface area contributed by atoms with Crippen LogP contribution in [0.2, 0.25) is 0 Å². The third kappa shape index (κ3) is 2.40. The Morgan fingerprint density at radius 2 is 1.80 bits per heavy atom. The fourth-order valence-electron chi connectivity index (χ4n) is 3.28. The van der Waals surface area contributed by atoms with Gasteiger partial charge < -0.3 is 19.6 Å². The number of ether oxygens (including phenoxy) is 1. The van der Waals surface area contributed by atoms with Crippen LogP contribution in [0, 0.1) is 11.8 Å². The number of hydrogen-bond acceptors (Lipinski definition) is 3. The lowest BCUT2D eigenvalue weighted by Gasteiger charge is -2.22. The molecular weight excluding hydrogens is 256 g/mol. The van der Waals surface area contributed by atoms with Crippen molar-refractivity contribution in [2.24, 2.45) is 11.8 Å². The van der Waals surface area contributed by atoms with Crippen molar-refractivity contribution in [3.63, 3.8) is 0 Å². The van der Waals surface area contributed by atoms with Crippen LogP contribution in [0.5, 0.6) is 5.75 Å². The van der Waals surface area contributed by atoms with Crippen LogP contribution < -0.4 is 9.64 Å². The van der Waals surface area contributed by atoms with Gasteiger partial charge in [-0.2, -0.15) is 0 Å². The topological polar surface area (TPSA) is 53.0 Å². The predicted octanol–water partition coefficient (Wildman–Crippen LogP) is 2.13. The van der Waals surface area contributed by atoms with Crippen molar-refractivity contribution in [1.29, 1.82) is 0 Å². The summed E-state index contributed by atoms with van der Waals surface area (Å²) in [7, 11) is 0. The molecule has 0 saturated carbocycles. The molecule has 0 aliphatic carbocycles. The molecule has 3 rings (SSSR count). The molecule has 2 aliphatic rings. The maximum atomic E-state index is 11.0. The molecule has 1 aromatic rings. The number of nitrogens with zero attached hydrogens (tertiary/aromatic N) is 2. The van der Waals surface area contributed by atoms with E-state index in [0.29, 0.717) is 31.5 Å². The molecule has 1 amide bonds. The zero-order chi connectivity index (χ0) is 14.1. The van der Waals surface area contributed by atoms with Crippen molar-refractivity contribution in [3.8, 4) is 5.75 Å². The van der Waals surface area contributed by atoms with E-state index in [1.54, 1.807) is 4.90 Å². The van der Waals surface area contributed by atoms with Crippen LogP contribution in [0.3, 0.4) is 0 Å². The van der Waals surface area contributed by atoms with Gasteiger partial charge in [-0.3, -0.25) is 0 Å². The molecule has 2 unspecified atom stereocenters. The summed E-state index contributed by atoms with van der Waals surface area (Å²) < 4.78 is 5.45. The number of carbonyl (C=O) groups is 1. The number of likely N-dealkylation sites (tertiary alicyclic amines) is 1. The molecule has 2 aliphatic heterocycles. The number of rotatable bonds is 3. The minimum absolute atomic E-state index is 0.470. The first-order chi connectivity index (χ1) is 9.67. The summed E-state index contributed by atoms with van der Waals surface area (Å²) in [5.74, 6) is 1.84. The Labute approximate surface area is 118 Å². The molecule has 2 saturated heterocycles. The molecule has 0 aromatic heterocycles. The summed E-state index contributed by atoms with van der Waals surface area (Å²) in [5.41, 5.74) is 1.20. The molecular formula is C15H20N2O3. The maximum absolute atomic E-state index is 11.0. The molecule has 2 heterocycles. The van der Waals surface area contributed by atoms with Gasteiger partial charge in [0.25, 0.3) is 0 Å². The van der Waals surface area contributed by atoms with Gasteiger partial charge in [-0.25, -0.2) is 4.79 Å². The van der Waals surface area contributed by atoms with Gasteiger partial charge in [0.05, 0.1) is 6.61 Å². The highest BCUT2D eigenvalue weighted by Gasteiger charge is 2.41. The van der Waals surface area contributed by atoms with Crippen molar-refractivity contribution in [1.82, 2.24) is 4.90 Å². The van der Waals surface area contributed by atoms with Crippen LogP contribution in [0.1, 0.15) is 6.92 Å². The van der Waals surface area contributed by atoms with Crippen LogP contribution in [0.4, 0.5) is 10.5 Å². The molecule has 2 atom stereocenters. The number of amides is 1. The van der Waals surface area contributed by atoms with Gasteiger partial charge in [0, 0.05) is 43.7 Å². The van der Waals surface area contributed by atoms with E-state index >= 15 is 0 Å². The van der Waals surface area contributed by atoms with Gasteiger partial charge >= 0.3 is 6.09 Å². The van der Waals surface area contributed by atoms with Crippen LogP contribution in [0.15, 0.2) is 24.3 Å². The Hall–Kier alpha value is -1.91. The average Bonchev–Trinajstić information content (AvgIpc) is 2.98. The molecule has 0 radical (unpaired) electrons. The summed E-state index contributed by atoms with van der Waals surface area (Å²) in [5, 5.41) is 9.03. The monoisotopic (exact) mass is 276 g/mol. The summed E-state index contributed by atoms with van der Waals surface area (Å²) >= 11 is 0. The van der Waals surface area contributed by atoms with E-state index in [-0.39, 0.29) is 0 Å². The molecule has 0 spiro atoms. The highest BCUT2D eigenvalue weighted by molar-refractivity contribution is 5.65. The third-order valence-corrected chi connectivity index (χ3v) is 4.27. The van der Waals surface area contributed by atoms with Gasteiger partial charge in [0.1, 0.15) is 5.75 Å². The molecule has 5 heteroatoms. The molecule has 108 valence electrons. The van der Waals surface area contributed by atoms with Gasteiger partial charge in [0.2, 0.25) is 0 Å². The number of benzene rings is 1. The first-order valence-corrected chi connectivity index (χ1v) is 7.13. The maximum Gasteiger partial charge on any atom is 0.407 e. The number of anilines is 1. The lowest BCUT2D eigenvalue weighted by atomic mass is 10.0. The standard InChI is InChI=1S/C15H20N2O3/c1-2-20-14-5-3-13(4-6-14)16-7-11-9-17(15(18)19)10-12(11)8-16/h3-6,11-12H,2,7-10H2,1H3,(H,18,19). The van der Waals surface area contributed by atoms with Crippen molar-refractivity contribution in [3.05, 3.63) is 24.3 Å². The quantitative estimate of drug-likeness (QED) is 0.919. The first-order valence-electron chi connectivity index (χ1n) is 7.13. The number of hydrogen-bond donors (Lipinski definition) is 1. The lowest BCUT2D eigenvalue weighted by Crippen LogP contribution is -2.32. The second-order valence-corrected chi connectivity index (χ2v) is 5.54. The predicted molar refractivity (Wildman–Crippen MR) is 76.4 cm³/mol. The Balaban J connectivity index is 1.63. The molecule has 0 bridgehead atoms. The fraction of sp³-hybridized carbons (Fsp3) is 0.533. The summed E-state index contributed by atoms with van der Waals surface area (Å²) in [4.78, 5) is 14.9. The van der Waals surface area contributed by atoms with Crippen molar-refractivity contribution >= 4 is 11.8 Å². The minimum atomic E-state index is -0.785. The average molecular weight is 276 g/mol. The SMILES string of the molecule is CCOc1ccc(N2CC3CN(C(=O)O)CC3C2)cc1. The Bertz CT molecular complexity index is 474.